The molecule has 0 amide bonds. The molecule has 1 N–H and O–H groups in total. The first-order chi connectivity index (χ1) is 9.15. The van der Waals surface area contributed by atoms with Gasteiger partial charge in [-0.1, -0.05) is 6.07 Å². The van der Waals surface area contributed by atoms with Gasteiger partial charge in [-0.05, 0) is 64.5 Å². The molecule has 0 fully saturated rings. The minimum atomic E-state index is -0.0364. The van der Waals surface area contributed by atoms with Crippen LogP contribution in [0.3, 0.4) is 0 Å². The van der Waals surface area contributed by atoms with E-state index in [1.54, 1.807) is 15.9 Å². The fraction of sp³-hybridized carbons (Fsp3) is 0.0769. The highest BCUT2D eigenvalue weighted by molar-refractivity contribution is 14.1. The molecular weight excluding hydrogens is 391 g/mol. The van der Waals surface area contributed by atoms with Crippen molar-refractivity contribution < 1.29 is 0 Å². The summed E-state index contributed by atoms with van der Waals surface area (Å²) in [5.41, 5.74) is 0.753. The number of hydrogen-bond acceptors (Lipinski definition) is 3. The van der Waals surface area contributed by atoms with Crippen molar-refractivity contribution in [1.29, 1.82) is 0 Å². The number of aromatic nitrogens is 2. The van der Waals surface area contributed by atoms with Crippen LogP contribution in [0.5, 0.6) is 0 Å². The molecule has 96 valence electrons. The number of halogens is 1. The van der Waals surface area contributed by atoms with Crippen LogP contribution < -0.4 is 5.56 Å². The van der Waals surface area contributed by atoms with Gasteiger partial charge in [0.1, 0.15) is 0 Å². The number of hydrogen-bond donors (Lipinski definition) is 1. The highest BCUT2D eigenvalue weighted by Crippen LogP contribution is 2.14. The van der Waals surface area contributed by atoms with Crippen molar-refractivity contribution in [3.8, 4) is 0 Å². The second-order valence-electron chi connectivity index (χ2n) is 4.09. The molecule has 0 saturated carbocycles. The van der Waals surface area contributed by atoms with E-state index in [0.717, 1.165) is 14.0 Å². The number of nitrogens with zero attached hydrogens (tertiary/aromatic N) is 1. The smallest absolute Gasteiger partial charge is 0.262 e. The predicted molar refractivity (Wildman–Crippen MR) is 89.5 cm³/mol. The van der Waals surface area contributed by atoms with Crippen LogP contribution in [0.4, 0.5) is 0 Å². The van der Waals surface area contributed by atoms with Crippen molar-refractivity contribution >= 4 is 57.0 Å². The normalized spacial score (nSPS) is 11.0. The lowest BCUT2D eigenvalue weighted by Crippen LogP contribution is -2.22. The van der Waals surface area contributed by atoms with E-state index in [2.05, 4.69) is 27.6 Å². The van der Waals surface area contributed by atoms with Crippen LogP contribution in [0.2, 0.25) is 0 Å². The molecule has 0 aliphatic rings. The molecule has 2 heterocycles. The zero-order chi connectivity index (χ0) is 13.4. The Bertz CT molecular complexity index is 849. The van der Waals surface area contributed by atoms with Crippen LogP contribution in [0, 0.1) is 8.34 Å². The van der Waals surface area contributed by atoms with Gasteiger partial charge in [-0.15, -0.1) is 11.3 Å². The molecule has 0 radical (unpaired) electrons. The van der Waals surface area contributed by atoms with Crippen LogP contribution in [0.1, 0.15) is 4.88 Å². The molecule has 6 heteroatoms. The van der Waals surface area contributed by atoms with Gasteiger partial charge in [-0.25, -0.2) is 0 Å². The van der Waals surface area contributed by atoms with Crippen molar-refractivity contribution in [2.45, 2.75) is 6.54 Å². The number of rotatable bonds is 2. The van der Waals surface area contributed by atoms with Gasteiger partial charge in [0.2, 0.25) is 0 Å². The monoisotopic (exact) mass is 400 g/mol. The number of benzene rings is 1. The molecular formula is C13H9IN2OS2. The Balaban J connectivity index is 2.25. The van der Waals surface area contributed by atoms with E-state index in [0.29, 0.717) is 16.7 Å². The zero-order valence-electron chi connectivity index (χ0n) is 9.72. The van der Waals surface area contributed by atoms with E-state index in [9.17, 15) is 4.79 Å². The van der Waals surface area contributed by atoms with Gasteiger partial charge in [0, 0.05) is 8.45 Å². The number of nitrogens with one attached hydrogen (secondary N) is 1. The SMILES string of the molecule is O=c1c2cc(I)ccc2[nH]c(=S)n1Cc1cccs1. The van der Waals surface area contributed by atoms with E-state index in [-0.39, 0.29) is 5.56 Å². The maximum absolute atomic E-state index is 12.5. The molecule has 2 aromatic heterocycles. The van der Waals surface area contributed by atoms with Gasteiger partial charge in [-0.2, -0.15) is 0 Å². The summed E-state index contributed by atoms with van der Waals surface area (Å²) in [6.07, 6.45) is 0. The fourth-order valence-electron chi connectivity index (χ4n) is 1.92. The lowest BCUT2D eigenvalue weighted by atomic mass is 10.2. The average molecular weight is 400 g/mol. The van der Waals surface area contributed by atoms with Crippen LogP contribution in [0.25, 0.3) is 10.9 Å². The molecule has 0 atom stereocenters. The first kappa shape index (κ1) is 13.0. The Morgan fingerprint density at radius 2 is 2.21 bits per heavy atom. The summed E-state index contributed by atoms with van der Waals surface area (Å²) in [6, 6.07) is 9.71. The van der Waals surface area contributed by atoms with Gasteiger partial charge >= 0.3 is 0 Å². The lowest BCUT2D eigenvalue weighted by Gasteiger charge is -2.07. The molecule has 1 aromatic carbocycles. The molecule has 0 aliphatic carbocycles. The summed E-state index contributed by atoms with van der Waals surface area (Å²) in [4.78, 5) is 16.7. The van der Waals surface area contributed by atoms with Crippen molar-refractivity contribution in [2.75, 3.05) is 0 Å². The second kappa shape index (κ2) is 5.18. The Kier molecular flexibility index (Phi) is 3.55. The summed E-state index contributed by atoms with van der Waals surface area (Å²) >= 11 is 9.11. The average Bonchev–Trinajstić information content (AvgIpc) is 2.89. The largest absolute Gasteiger partial charge is 0.332 e. The summed E-state index contributed by atoms with van der Waals surface area (Å²) in [6.45, 7) is 0.521. The minimum absolute atomic E-state index is 0.0364. The molecule has 3 aromatic rings. The predicted octanol–water partition coefficient (Wildman–Crippen LogP) is 3.77. The molecule has 19 heavy (non-hydrogen) atoms. The van der Waals surface area contributed by atoms with Crippen molar-refractivity contribution in [3.63, 3.8) is 0 Å². The van der Waals surface area contributed by atoms with E-state index >= 15 is 0 Å². The van der Waals surface area contributed by atoms with Crippen LogP contribution in [-0.4, -0.2) is 9.55 Å². The molecule has 0 saturated heterocycles. The molecule has 3 nitrogen and oxygen atoms in total. The standard InChI is InChI=1S/C13H9IN2OS2/c14-8-3-4-11-10(6-8)12(17)16(13(18)15-11)7-9-2-1-5-19-9/h1-6H,7H2,(H,15,18). The van der Waals surface area contributed by atoms with Crippen LogP contribution >= 0.6 is 46.1 Å². The molecule has 3 rings (SSSR count). The van der Waals surface area contributed by atoms with E-state index in [4.69, 9.17) is 12.2 Å². The lowest BCUT2D eigenvalue weighted by molar-refractivity contribution is 0.743. The van der Waals surface area contributed by atoms with Crippen molar-refractivity contribution in [3.05, 3.63) is 59.3 Å². The third-order valence-corrected chi connectivity index (χ3v) is 4.69. The Morgan fingerprint density at radius 3 is 2.95 bits per heavy atom. The molecule has 0 bridgehead atoms. The highest BCUT2D eigenvalue weighted by atomic mass is 127. The Labute approximate surface area is 132 Å². The highest BCUT2D eigenvalue weighted by Gasteiger charge is 2.07. The second-order valence-corrected chi connectivity index (χ2v) is 6.76. The minimum Gasteiger partial charge on any atom is -0.332 e. The topological polar surface area (TPSA) is 37.8 Å². The van der Waals surface area contributed by atoms with E-state index < -0.39 is 0 Å². The van der Waals surface area contributed by atoms with Gasteiger partial charge < -0.3 is 4.98 Å². The van der Waals surface area contributed by atoms with Gasteiger partial charge in [-0.3, -0.25) is 9.36 Å². The molecule has 0 aliphatic heterocycles. The number of thiophene rings is 1. The van der Waals surface area contributed by atoms with Gasteiger partial charge in [0.05, 0.1) is 17.4 Å². The van der Waals surface area contributed by atoms with Crippen molar-refractivity contribution in [1.82, 2.24) is 9.55 Å². The Hall–Kier alpha value is -0.990. The van der Waals surface area contributed by atoms with Crippen LogP contribution in [0.15, 0.2) is 40.5 Å². The maximum atomic E-state index is 12.5. The quantitative estimate of drug-likeness (QED) is 0.525. The third-order valence-electron chi connectivity index (χ3n) is 2.84. The third kappa shape index (κ3) is 2.52. The fourth-order valence-corrected chi connectivity index (χ4v) is 3.37. The van der Waals surface area contributed by atoms with E-state index in [1.165, 1.54) is 0 Å². The first-order valence-electron chi connectivity index (χ1n) is 5.60. The summed E-state index contributed by atoms with van der Waals surface area (Å²) in [7, 11) is 0. The van der Waals surface area contributed by atoms with Crippen LogP contribution in [-0.2, 0) is 6.54 Å². The van der Waals surface area contributed by atoms with Crippen molar-refractivity contribution in [2.24, 2.45) is 0 Å². The summed E-state index contributed by atoms with van der Waals surface area (Å²) in [5.74, 6) is 0. The number of aromatic amines is 1. The van der Waals surface area contributed by atoms with Gasteiger partial charge in [0.15, 0.2) is 4.77 Å². The summed E-state index contributed by atoms with van der Waals surface area (Å²) in [5, 5.41) is 2.67. The molecule has 0 spiro atoms. The Morgan fingerprint density at radius 1 is 1.37 bits per heavy atom. The van der Waals surface area contributed by atoms with E-state index in [1.807, 2.05) is 35.7 Å². The summed E-state index contributed by atoms with van der Waals surface area (Å²) < 4.78 is 3.11. The zero-order valence-corrected chi connectivity index (χ0v) is 13.5. The maximum Gasteiger partial charge on any atom is 0.262 e. The number of fused-ring (bicyclic) bond motifs is 1. The first-order valence-corrected chi connectivity index (χ1v) is 7.96. The van der Waals surface area contributed by atoms with Gasteiger partial charge in [0.25, 0.3) is 5.56 Å². The number of H-pyrrole nitrogens is 1. The molecule has 0 unspecified atom stereocenters.